The SMILES string of the molecule is CCC(CC)(C(=O)O)n1nnnc1-c1ccc(Cl)cc1C. The molecule has 0 saturated heterocycles. The van der Waals surface area contributed by atoms with Gasteiger partial charge in [-0.3, -0.25) is 0 Å². The lowest BCUT2D eigenvalue weighted by Crippen LogP contribution is -2.42. The Morgan fingerprint density at radius 1 is 1.38 bits per heavy atom. The third-order valence-electron chi connectivity index (χ3n) is 3.87. The fourth-order valence-corrected chi connectivity index (χ4v) is 2.69. The van der Waals surface area contributed by atoms with E-state index in [-0.39, 0.29) is 0 Å². The van der Waals surface area contributed by atoms with E-state index in [2.05, 4.69) is 15.5 Å². The molecule has 0 saturated carbocycles. The molecule has 0 aliphatic rings. The zero-order chi connectivity index (χ0) is 15.6. The zero-order valence-electron chi connectivity index (χ0n) is 12.2. The summed E-state index contributed by atoms with van der Waals surface area (Å²) in [5, 5.41) is 21.9. The average molecular weight is 309 g/mol. The van der Waals surface area contributed by atoms with E-state index in [1.807, 2.05) is 20.8 Å². The van der Waals surface area contributed by atoms with Gasteiger partial charge in [0.25, 0.3) is 0 Å². The molecule has 112 valence electrons. The Hall–Kier alpha value is -1.95. The maximum absolute atomic E-state index is 11.8. The molecule has 0 aliphatic heterocycles. The molecular formula is C14H17ClN4O2. The van der Waals surface area contributed by atoms with Gasteiger partial charge in [0.2, 0.25) is 0 Å². The molecule has 6 nitrogen and oxygen atoms in total. The first-order valence-corrected chi connectivity index (χ1v) is 7.12. The Bertz CT molecular complexity index is 665. The normalized spacial score (nSPS) is 11.6. The average Bonchev–Trinajstić information content (AvgIpc) is 2.90. The predicted octanol–water partition coefficient (Wildman–Crippen LogP) is 2.90. The van der Waals surface area contributed by atoms with Crippen LogP contribution >= 0.6 is 11.6 Å². The number of hydrogen-bond acceptors (Lipinski definition) is 4. The van der Waals surface area contributed by atoms with Gasteiger partial charge < -0.3 is 5.11 Å². The number of carboxylic acid groups (broad SMARTS) is 1. The minimum atomic E-state index is -1.15. The summed E-state index contributed by atoms with van der Waals surface area (Å²) in [5.74, 6) is -0.497. The number of benzene rings is 1. The lowest BCUT2D eigenvalue weighted by atomic mass is 9.92. The molecule has 0 atom stereocenters. The zero-order valence-corrected chi connectivity index (χ0v) is 12.9. The summed E-state index contributed by atoms with van der Waals surface area (Å²) >= 11 is 5.96. The standard InChI is InChI=1S/C14H17ClN4O2/c1-4-14(5-2,13(20)21)19-12(16-17-18-19)11-7-6-10(15)8-9(11)3/h6-8H,4-5H2,1-3H3,(H,20,21). The summed E-state index contributed by atoms with van der Waals surface area (Å²) in [6.45, 7) is 5.52. The van der Waals surface area contributed by atoms with Crippen LogP contribution in [0.3, 0.4) is 0 Å². The predicted molar refractivity (Wildman–Crippen MR) is 79.2 cm³/mol. The number of carboxylic acids is 1. The van der Waals surface area contributed by atoms with E-state index < -0.39 is 11.5 Å². The second-order valence-corrected chi connectivity index (χ2v) is 5.35. The smallest absolute Gasteiger partial charge is 0.331 e. The molecule has 7 heteroatoms. The summed E-state index contributed by atoms with van der Waals surface area (Å²) in [5.41, 5.74) is 0.521. The number of tetrazole rings is 1. The molecule has 0 bridgehead atoms. The van der Waals surface area contributed by atoms with Crippen molar-refractivity contribution in [1.29, 1.82) is 0 Å². The van der Waals surface area contributed by atoms with E-state index in [0.717, 1.165) is 11.1 Å². The summed E-state index contributed by atoms with van der Waals surface area (Å²) in [7, 11) is 0. The highest BCUT2D eigenvalue weighted by molar-refractivity contribution is 6.30. The number of hydrogen-bond donors (Lipinski definition) is 1. The van der Waals surface area contributed by atoms with Gasteiger partial charge in [0.15, 0.2) is 11.4 Å². The molecule has 0 amide bonds. The molecule has 1 heterocycles. The van der Waals surface area contributed by atoms with Gasteiger partial charge in [0.1, 0.15) is 0 Å². The molecule has 0 unspecified atom stereocenters. The Morgan fingerprint density at radius 3 is 2.57 bits per heavy atom. The molecular weight excluding hydrogens is 292 g/mol. The molecule has 1 aromatic carbocycles. The first-order valence-electron chi connectivity index (χ1n) is 6.75. The molecule has 0 fully saturated rings. The van der Waals surface area contributed by atoms with Crippen LogP contribution in [0.4, 0.5) is 0 Å². The monoisotopic (exact) mass is 308 g/mol. The lowest BCUT2D eigenvalue weighted by Gasteiger charge is -2.27. The minimum absolute atomic E-state index is 0.392. The van der Waals surface area contributed by atoms with Crippen molar-refractivity contribution in [2.75, 3.05) is 0 Å². The molecule has 0 aliphatic carbocycles. The topological polar surface area (TPSA) is 80.9 Å². The number of aliphatic carboxylic acids is 1. The maximum atomic E-state index is 11.8. The van der Waals surface area contributed by atoms with Crippen LogP contribution in [0.15, 0.2) is 18.2 Å². The number of aryl methyl sites for hydroxylation is 1. The van der Waals surface area contributed by atoms with E-state index in [1.165, 1.54) is 4.68 Å². The second-order valence-electron chi connectivity index (χ2n) is 4.92. The van der Waals surface area contributed by atoms with Crippen molar-refractivity contribution in [3.63, 3.8) is 0 Å². The molecule has 1 N–H and O–H groups in total. The van der Waals surface area contributed by atoms with E-state index in [0.29, 0.717) is 23.7 Å². The van der Waals surface area contributed by atoms with Crippen molar-refractivity contribution in [3.8, 4) is 11.4 Å². The van der Waals surface area contributed by atoms with Crippen molar-refractivity contribution >= 4 is 17.6 Å². The summed E-state index contributed by atoms with van der Waals surface area (Å²) in [6, 6.07) is 5.34. The third kappa shape index (κ3) is 2.51. The summed E-state index contributed by atoms with van der Waals surface area (Å²) in [4.78, 5) is 11.8. The maximum Gasteiger partial charge on any atom is 0.331 e. The molecule has 21 heavy (non-hydrogen) atoms. The third-order valence-corrected chi connectivity index (χ3v) is 4.11. The van der Waals surface area contributed by atoms with Crippen molar-refractivity contribution in [1.82, 2.24) is 20.2 Å². The largest absolute Gasteiger partial charge is 0.479 e. The van der Waals surface area contributed by atoms with Crippen LogP contribution in [0.25, 0.3) is 11.4 Å². The molecule has 0 spiro atoms. The summed E-state index contributed by atoms with van der Waals surface area (Å²) < 4.78 is 1.41. The fourth-order valence-electron chi connectivity index (χ4n) is 2.46. The van der Waals surface area contributed by atoms with Gasteiger partial charge in [-0.05, 0) is 54.0 Å². The second kappa shape index (κ2) is 5.81. The highest BCUT2D eigenvalue weighted by Crippen LogP contribution is 2.31. The van der Waals surface area contributed by atoms with Crippen molar-refractivity contribution < 1.29 is 9.90 Å². The van der Waals surface area contributed by atoms with Crippen LogP contribution in [0.1, 0.15) is 32.3 Å². The van der Waals surface area contributed by atoms with Crippen molar-refractivity contribution in [2.45, 2.75) is 39.2 Å². The van der Waals surface area contributed by atoms with Crippen LogP contribution < -0.4 is 0 Å². The minimum Gasteiger partial charge on any atom is -0.479 e. The van der Waals surface area contributed by atoms with Gasteiger partial charge in [-0.1, -0.05) is 25.4 Å². The lowest BCUT2D eigenvalue weighted by molar-refractivity contribution is -0.148. The highest BCUT2D eigenvalue weighted by atomic mass is 35.5. The number of halogens is 1. The Morgan fingerprint density at radius 2 is 2.05 bits per heavy atom. The van der Waals surface area contributed by atoms with Gasteiger partial charge in [-0.2, -0.15) is 0 Å². The number of carbonyl (C=O) groups is 1. The van der Waals surface area contributed by atoms with Crippen LogP contribution in [-0.2, 0) is 10.3 Å². The first-order chi connectivity index (χ1) is 9.96. The molecule has 1 aromatic heterocycles. The molecule has 2 rings (SSSR count). The number of rotatable bonds is 5. The van der Waals surface area contributed by atoms with E-state index >= 15 is 0 Å². The van der Waals surface area contributed by atoms with Crippen LogP contribution in [0, 0.1) is 6.92 Å². The van der Waals surface area contributed by atoms with Crippen LogP contribution in [0.2, 0.25) is 5.02 Å². The van der Waals surface area contributed by atoms with Crippen LogP contribution in [0.5, 0.6) is 0 Å². The first kappa shape index (κ1) is 15.4. The fraction of sp³-hybridized carbons (Fsp3) is 0.429. The van der Waals surface area contributed by atoms with Gasteiger partial charge in [0.05, 0.1) is 0 Å². The molecule has 0 radical (unpaired) electrons. The Labute approximate surface area is 127 Å². The Balaban J connectivity index is 2.64. The van der Waals surface area contributed by atoms with E-state index in [4.69, 9.17) is 11.6 Å². The number of nitrogens with zero attached hydrogens (tertiary/aromatic N) is 4. The number of aromatic nitrogens is 4. The molecule has 2 aromatic rings. The van der Waals surface area contributed by atoms with Gasteiger partial charge in [0, 0.05) is 10.6 Å². The summed E-state index contributed by atoms with van der Waals surface area (Å²) in [6.07, 6.45) is 0.785. The quantitative estimate of drug-likeness (QED) is 0.918. The van der Waals surface area contributed by atoms with Crippen molar-refractivity contribution in [3.05, 3.63) is 28.8 Å². The Kier molecular flexibility index (Phi) is 4.27. The van der Waals surface area contributed by atoms with E-state index in [9.17, 15) is 9.90 Å². The van der Waals surface area contributed by atoms with Gasteiger partial charge >= 0.3 is 5.97 Å². The van der Waals surface area contributed by atoms with Gasteiger partial charge in [-0.15, -0.1) is 5.10 Å². The van der Waals surface area contributed by atoms with E-state index in [1.54, 1.807) is 18.2 Å². The van der Waals surface area contributed by atoms with Crippen molar-refractivity contribution in [2.24, 2.45) is 0 Å². The highest BCUT2D eigenvalue weighted by Gasteiger charge is 2.40. The van der Waals surface area contributed by atoms with Gasteiger partial charge in [-0.25, -0.2) is 9.48 Å². The van der Waals surface area contributed by atoms with Crippen LogP contribution in [-0.4, -0.2) is 31.3 Å².